The lowest BCUT2D eigenvalue weighted by Crippen LogP contribution is -2.21. The van der Waals surface area contributed by atoms with Gasteiger partial charge in [-0.3, -0.25) is 4.68 Å². The average molecular weight is 262 g/mol. The third-order valence-corrected chi connectivity index (χ3v) is 4.45. The van der Waals surface area contributed by atoms with Crippen LogP contribution in [0.3, 0.4) is 0 Å². The van der Waals surface area contributed by atoms with Crippen molar-refractivity contribution < 1.29 is 8.42 Å². The summed E-state index contributed by atoms with van der Waals surface area (Å²) in [4.78, 5) is 3.95. The van der Waals surface area contributed by atoms with Crippen molar-refractivity contribution in [1.82, 2.24) is 14.8 Å². The maximum atomic E-state index is 11.5. The topological polar surface area (TPSA) is 90.9 Å². The van der Waals surface area contributed by atoms with E-state index in [9.17, 15) is 8.42 Å². The second-order valence-electron chi connectivity index (χ2n) is 3.61. The summed E-state index contributed by atoms with van der Waals surface area (Å²) in [6, 6.07) is 0. The van der Waals surface area contributed by atoms with Gasteiger partial charge in [-0.15, -0.1) is 5.10 Å². The molecule has 1 aromatic rings. The molecule has 0 saturated heterocycles. The van der Waals surface area contributed by atoms with Crippen molar-refractivity contribution in [3.63, 3.8) is 0 Å². The normalized spacial score (nSPS) is 11.9. The zero-order valence-electron chi connectivity index (χ0n) is 9.12. The predicted octanol–water partition coefficient (Wildman–Crippen LogP) is -0.264. The molecular weight excluding hydrogens is 248 g/mol. The summed E-state index contributed by atoms with van der Waals surface area (Å²) in [5, 5.41) is 3.56. The highest BCUT2D eigenvalue weighted by Crippen LogP contribution is 2.01. The van der Waals surface area contributed by atoms with Crippen molar-refractivity contribution in [2.45, 2.75) is 25.6 Å². The molecule has 0 aromatic carbocycles. The highest BCUT2D eigenvalue weighted by molar-refractivity contribution is 7.91. The molecule has 0 fully saturated rings. The second kappa shape index (κ2) is 4.88. The Bertz CT molecular complexity index is 478. The minimum Gasteiger partial charge on any atom is -0.387 e. The number of sulfone groups is 1. The molecule has 0 saturated carbocycles. The maximum absolute atomic E-state index is 11.5. The van der Waals surface area contributed by atoms with Crippen LogP contribution in [0.1, 0.15) is 19.7 Å². The van der Waals surface area contributed by atoms with Crippen LogP contribution in [0.5, 0.6) is 0 Å². The highest BCUT2D eigenvalue weighted by Gasteiger charge is 2.16. The number of hydrogen-bond acceptors (Lipinski definition) is 5. The van der Waals surface area contributed by atoms with Gasteiger partial charge >= 0.3 is 0 Å². The Hall–Kier alpha value is -1.02. The molecule has 0 aliphatic heterocycles. The van der Waals surface area contributed by atoms with Gasteiger partial charge < -0.3 is 5.73 Å². The van der Waals surface area contributed by atoms with Gasteiger partial charge in [0.25, 0.3) is 0 Å². The minimum absolute atomic E-state index is 0.0325. The van der Waals surface area contributed by atoms with E-state index < -0.39 is 9.84 Å². The number of aromatic nitrogens is 3. The number of rotatable bonds is 5. The summed E-state index contributed by atoms with van der Waals surface area (Å²) < 4.78 is 24.5. The molecule has 0 bridgehead atoms. The maximum Gasteiger partial charge on any atom is 0.208 e. The van der Waals surface area contributed by atoms with Crippen LogP contribution in [-0.4, -0.2) is 39.2 Å². The van der Waals surface area contributed by atoms with E-state index in [1.807, 2.05) is 0 Å². The number of aryl methyl sites for hydroxylation is 1. The molecule has 0 atom stereocenters. The van der Waals surface area contributed by atoms with E-state index in [1.165, 1.54) is 11.0 Å². The van der Waals surface area contributed by atoms with Crippen LogP contribution in [0, 0.1) is 0 Å². The molecule has 0 unspecified atom stereocenters. The first-order chi connectivity index (χ1) is 7.33. The molecule has 90 valence electrons. The van der Waals surface area contributed by atoms with E-state index in [2.05, 4.69) is 10.1 Å². The van der Waals surface area contributed by atoms with Gasteiger partial charge in [0.1, 0.15) is 11.3 Å². The standard InChI is InChI=1S/C8H14N4O2S2/c1-6(2)16(13,14)4-3-12-5-10-8(11-12)7(9)15/h5-6H,3-4H2,1-2H3,(H2,9,15). The smallest absolute Gasteiger partial charge is 0.208 e. The van der Waals surface area contributed by atoms with Gasteiger partial charge in [-0.25, -0.2) is 13.4 Å². The predicted molar refractivity (Wildman–Crippen MR) is 64.8 cm³/mol. The van der Waals surface area contributed by atoms with Crippen LogP contribution >= 0.6 is 12.2 Å². The van der Waals surface area contributed by atoms with Crippen molar-refractivity contribution in [1.29, 1.82) is 0 Å². The molecule has 0 spiro atoms. The first-order valence-corrected chi connectivity index (χ1v) is 6.86. The van der Waals surface area contributed by atoms with Crippen LogP contribution in [-0.2, 0) is 16.4 Å². The fraction of sp³-hybridized carbons (Fsp3) is 0.625. The second-order valence-corrected chi connectivity index (χ2v) is 6.73. The van der Waals surface area contributed by atoms with Gasteiger partial charge in [0, 0.05) is 0 Å². The Labute approximate surface area is 99.8 Å². The van der Waals surface area contributed by atoms with Gasteiger partial charge in [-0.2, -0.15) is 0 Å². The lowest BCUT2D eigenvalue weighted by molar-refractivity contribution is 0.572. The molecule has 0 amide bonds. The average Bonchev–Trinajstić information content (AvgIpc) is 2.63. The molecule has 0 aliphatic rings. The first kappa shape index (κ1) is 13.0. The number of hydrogen-bond donors (Lipinski definition) is 1. The van der Waals surface area contributed by atoms with Gasteiger partial charge in [0.2, 0.25) is 5.82 Å². The molecule has 8 heteroatoms. The van der Waals surface area contributed by atoms with Crippen LogP contribution in [0.2, 0.25) is 0 Å². The minimum atomic E-state index is -3.06. The molecule has 0 radical (unpaired) electrons. The zero-order chi connectivity index (χ0) is 12.3. The Morgan fingerprint density at radius 3 is 2.69 bits per heavy atom. The van der Waals surface area contributed by atoms with Crippen LogP contribution in [0.25, 0.3) is 0 Å². The monoisotopic (exact) mass is 262 g/mol. The lowest BCUT2D eigenvalue weighted by Gasteiger charge is -2.06. The van der Waals surface area contributed by atoms with Crippen molar-refractivity contribution >= 4 is 27.0 Å². The lowest BCUT2D eigenvalue weighted by atomic mass is 10.6. The van der Waals surface area contributed by atoms with Crippen molar-refractivity contribution in [3.8, 4) is 0 Å². The van der Waals surface area contributed by atoms with E-state index in [0.29, 0.717) is 0 Å². The number of nitrogens with two attached hydrogens (primary N) is 1. The molecule has 2 N–H and O–H groups in total. The van der Waals surface area contributed by atoms with E-state index in [-0.39, 0.29) is 28.4 Å². The first-order valence-electron chi connectivity index (χ1n) is 4.74. The molecule has 6 nitrogen and oxygen atoms in total. The van der Waals surface area contributed by atoms with E-state index in [4.69, 9.17) is 18.0 Å². The zero-order valence-corrected chi connectivity index (χ0v) is 10.8. The largest absolute Gasteiger partial charge is 0.387 e. The molecule has 1 aromatic heterocycles. The molecule has 1 heterocycles. The summed E-state index contributed by atoms with van der Waals surface area (Å²) >= 11 is 4.70. The number of nitrogens with zero attached hydrogens (tertiary/aromatic N) is 3. The van der Waals surface area contributed by atoms with E-state index >= 15 is 0 Å². The quantitative estimate of drug-likeness (QED) is 0.735. The Morgan fingerprint density at radius 2 is 2.25 bits per heavy atom. The third-order valence-electron chi connectivity index (χ3n) is 2.08. The van der Waals surface area contributed by atoms with Gasteiger partial charge in [0.15, 0.2) is 9.84 Å². The van der Waals surface area contributed by atoms with Crippen molar-refractivity contribution in [2.75, 3.05) is 5.75 Å². The van der Waals surface area contributed by atoms with Crippen molar-refractivity contribution in [3.05, 3.63) is 12.2 Å². The van der Waals surface area contributed by atoms with Gasteiger partial charge in [-0.05, 0) is 13.8 Å². The third kappa shape index (κ3) is 3.24. The van der Waals surface area contributed by atoms with E-state index in [0.717, 1.165) is 0 Å². The fourth-order valence-corrected chi connectivity index (χ4v) is 1.98. The van der Waals surface area contributed by atoms with E-state index in [1.54, 1.807) is 13.8 Å². The summed E-state index contributed by atoms with van der Waals surface area (Å²) in [5.41, 5.74) is 5.33. The van der Waals surface area contributed by atoms with Gasteiger partial charge in [-0.1, -0.05) is 12.2 Å². The Morgan fingerprint density at radius 1 is 1.62 bits per heavy atom. The van der Waals surface area contributed by atoms with Crippen LogP contribution < -0.4 is 5.73 Å². The molecule has 0 aliphatic carbocycles. The van der Waals surface area contributed by atoms with Crippen LogP contribution in [0.4, 0.5) is 0 Å². The SMILES string of the molecule is CC(C)S(=O)(=O)CCn1cnc(C(N)=S)n1. The summed E-state index contributed by atoms with van der Waals surface area (Å²) in [6.45, 7) is 3.56. The number of thiocarbonyl (C=S) groups is 1. The summed E-state index contributed by atoms with van der Waals surface area (Å²) in [5.74, 6) is 0.294. The molecule has 1 rings (SSSR count). The summed E-state index contributed by atoms with van der Waals surface area (Å²) in [6.07, 6.45) is 1.42. The fourth-order valence-electron chi connectivity index (χ4n) is 0.972. The Balaban J connectivity index is 2.65. The van der Waals surface area contributed by atoms with Gasteiger partial charge in [0.05, 0.1) is 17.5 Å². The molecular formula is C8H14N4O2S2. The molecule has 16 heavy (non-hydrogen) atoms. The Kier molecular flexibility index (Phi) is 3.98. The van der Waals surface area contributed by atoms with Crippen LogP contribution in [0.15, 0.2) is 6.33 Å². The summed E-state index contributed by atoms with van der Waals surface area (Å²) in [7, 11) is -3.06. The highest BCUT2D eigenvalue weighted by atomic mass is 32.2. The van der Waals surface area contributed by atoms with Crippen molar-refractivity contribution in [2.24, 2.45) is 5.73 Å².